The van der Waals surface area contributed by atoms with Crippen molar-refractivity contribution in [2.75, 3.05) is 6.54 Å². The average molecular weight is 448 g/mol. The number of unbranched alkanes of at least 4 members (excludes halogenated alkanes) is 1. The summed E-state index contributed by atoms with van der Waals surface area (Å²) in [6, 6.07) is 11.9. The standard InChI is InChI=1S/C20H21IN2O2/c1-12-5-10-16(20(24)25)17-15(4-2-3-11-22)19(23-18(12)17)13-6-8-14(21)9-7-13/h5-10,23H,2-4,11,22H2,1H3,(H,24,25). The molecule has 0 atom stereocenters. The highest BCUT2D eigenvalue weighted by atomic mass is 127. The summed E-state index contributed by atoms with van der Waals surface area (Å²) in [4.78, 5) is 15.3. The molecule has 4 N–H and O–H groups in total. The Bertz CT molecular complexity index is 914. The zero-order chi connectivity index (χ0) is 18.0. The monoisotopic (exact) mass is 448 g/mol. The fourth-order valence-corrected chi connectivity index (χ4v) is 3.60. The molecule has 3 rings (SSSR count). The lowest BCUT2D eigenvalue weighted by molar-refractivity contribution is 0.0699. The summed E-state index contributed by atoms with van der Waals surface area (Å²) in [5.74, 6) is -0.891. The smallest absolute Gasteiger partial charge is 0.336 e. The van der Waals surface area contributed by atoms with Crippen LogP contribution in [0.4, 0.5) is 0 Å². The fraction of sp³-hybridized carbons (Fsp3) is 0.250. The van der Waals surface area contributed by atoms with E-state index in [4.69, 9.17) is 5.73 Å². The third kappa shape index (κ3) is 3.57. The Morgan fingerprint density at radius 1 is 1.16 bits per heavy atom. The lowest BCUT2D eigenvalue weighted by Gasteiger charge is -2.07. The van der Waals surface area contributed by atoms with Crippen molar-refractivity contribution in [1.82, 2.24) is 4.98 Å². The highest BCUT2D eigenvalue weighted by molar-refractivity contribution is 14.1. The quantitative estimate of drug-likeness (QED) is 0.377. The Kier molecular flexibility index (Phi) is 5.44. The Hall–Kier alpha value is -1.86. The molecule has 0 aliphatic heterocycles. The predicted molar refractivity (Wildman–Crippen MR) is 110 cm³/mol. The van der Waals surface area contributed by atoms with E-state index in [1.807, 2.05) is 13.0 Å². The predicted octanol–water partition coefficient (Wildman–Crippen LogP) is 4.73. The summed E-state index contributed by atoms with van der Waals surface area (Å²) in [5, 5.41) is 10.5. The number of fused-ring (bicyclic) bond motifs is 1. The minimum atomic E-state index is -0.891. The van der Waals surface area contributed by atoms with Crippen molar-refractivity contribution in [2.45, 2.75) is 26.2 Å². The van der Waals surface area contributed by atoms with Crippen LogP contribution in [0.3, 0.4) is 0 Å². The van der Waals surface area contributed by atoms with Gasteiger partial charge in [-0.25, -0.2) is 4.79 Å². The SMILES string of the molecule is Cc1ccc(C(=O)O)c2c(CCCCN)c(-c3ccc(I)cc3)[nH]c12. The number of nitrogens with one attached hydrogen (secondary N) is 1. The number of hydrogen-bond acceptors (Lipinski definition) is 2. The molecule has 1 aromatic heterocycles. The molecule has 0 saturated heterocycles. The van der Waals surface area contributed by atoms with Gasteiger partial charge in [-0.05, 0) is 90.2 Å². The van der Waals surface area contributed by atoms with Crippen molar-refractivity contribution in [2.24, 2.45) is 5.73 Å². The second-order valence-corrected chi connectivity index (χ2v) is 7.46. The molecule has 5 heteroatoms. The third-order valence-corrected chi connectivity index (χ3v) is 5.23. The van der Waals surface area contributed by atoms with Gasteiger partial charge >= 0.3 is 5.97 Å². The second-order valence-electron chi connectivity index (χ2n) is 6.22. The number of aromatic amines is 1. The maximum Gasteiger partial charge on any atom is 0.336 e. The van der Waals surface area contributed by atoms with E-state index >= 15 is 0 Å². The molecule has 0 spiro atoms. The number of rotatable bonds is 6. The molecule has 0 unspecified atom stereocenters. The highest BCUT2D eigenvalue weighted by Crippen LogP contribution is 2.35. The third-order valence-electron chi connectivity index (χ3n) is 4.51. The Labute approximate surface area is 160 Å². The number of aromatic nitrogens is 1. The number of carbonyl (C=O) groups is 1. The van der Waals surface area contributed by atoms with Gasteiger partial charge in [0, 0.05) is 20.2 Å². The van der Waals surface area contributed by atoms with E-state index in [1.165, 1.54) is 3.57 Å². The van der Waals surface area contributed by atoms with E-state index in [0.29, 0.717) is 12.1 Å². The first-order valence-corrected chi connectivity index (χ1v) is 9.44. The van der Waals surface area contributed by atoms with Crippen molar-refractivity contribution in [1.29, 1.82) is 0 Å². The van der Waals surface area contributed by atoms with Gasteiger partial charge in [0.15, 0.2) is 0 Å². The van der Waals surface area contributed by atoms with Crippen LogP contribution in [0, 0.1) is 10.5 Å². The van der Waals surface area contributed by atoms with Crippen LogP contribution in [0.25, 0.3) is 22.2 Å². The first-order valence-electron chi connectivity index (χ1n) is 8.36. The largest absolute Gasteiger partial charge is 0.478 e. The normalized spacial score (nSPS) is 11.2. The molecule has 25 heavy (non-hydrogen) atoms. The molecular formula is C20H21IN2O2. The summed E-state index contributed by atoms with van der Waals surface area (Å²) in [6.07, 6.45) is 2.67. The van der Waals surface area contributed by atoms with Crippen LogP contribution in [-0.4, -0.2) is 22.6 Å². The first-order chi connectivity index (χ1) is 12.0. The second kappa shape index (κ2) is 7.58. The van der Waals surface area contributed by atoms with E-state index in [1.54, 1.807) is 6.07 Å². The van der Waals surface area contributed by atoms with Gasteiger partial charge in [0.2, 0.25) is 0 Å². The summed E-state index contributed by atoms with van der Waals surface area (Å²) in [7, 11) is 0. The summed E-state index contributed by atoms with van der Waals surface area (Å²) < 4.78 is 1.17. The van der Waals surface area contributed by atoms with Gasteiger partial charge in [0.1, 0.15) is 0 Å². The highest BCUT2D eigenvalue weighted by Gasteiger charge is 2.20. The average Bonchev–Trinajstić information content (AvgIpc) is 2.96. The number of nitrogens with two attached hydrogens (primary N) is 1. The Morgan fingerprint density at radius 3 is 2.52 bits per heavy atom. The van der Waals surface area contributed by atoms with Gasteiger partial charge in [-0.1, -0.05) is 18.2 Å². The molecule has 1 heterocycles. The number of hydrogen-bond donors (Lipinski definition) is 3. The molecule has 0 radical (unpaired) electrons. The molecule has 0 amide bonds. The van der Waals surface area contributed by atoms with Gasteiger partial charge in [-0.2, -0.15) is 0 Å². The van der Waals surface area contributed by atoms with Crippen LogP contribution in [-0.2, 0) is 6.42 Å². The Balaban J connectivity index is 2.26. The lowest BCUT2D eigenvalue weighted by Crippen LogP contribution is -2.01. The van der Waals surface area contributed by atoms with Crippen LogP contribution in [0.5, 0.6) is 0 Å². The van der Waals surface area contributed by atoms with Crippen LogP contribution >= 0.6 is 22.6 Å². The first kappa shape index (κ1) is 17.9. The van der Waals surface area contributed by atoms with Crippen LogP contribution in [0.2, 0.25) is 0 Å². The zero-order valence-corrected chi connectivity index (χ0v) is 16.3. The van der Waals surface area contributed by atoms with Crippen molar-refractivity contribution < 1.29 is 9.90 Å². The minimum Gasteiger partial charge on any atom is -0.478 e. The molecule has 3 aromatic rings. The molecule has 0 aliphatic rings. The van der Waals surface area contributed by atoms with Crippen LogP contribution < -0.4 is 5.73 Å². The number of benzene rings is 2. The number of carboxylic acid groups (broad SMARTS) is 1. The van der Waals surface area contributed by atoms with Gasteiger partial charge in [-0.15, -0.1) is 0 Å². The molecule has 0 fully saturated rings. The van der Waals surface area contributed by atoms with Crippen molar-refractivity contribution in [3.05, 3.63) is 56.7 Å². The summed E-state index contributed by atoms with van der Waals surface area (Å²) in [6.45, 7) is 2.65. The summed E-state index contributed by atoms with van der Waals surface area (Å²) in [5.41, 5.74) is 11.1. The van der Waals surface area contributed by atoms with E-state index in [2.05, 4.69) is 51.8 Å². The van der Waals surface area contributed by atoms with Crippen molar-refractivity contribution in [3.63, 3.8) is 0 Å². The molecule has 2 aromatic carbocycles. The van der Waals surface area contributed by atoms with Gasteiger partial charge in [0.05, 0.1) is 5.56 Å². The maximum absolute atomic E-state index is 11.8. The molecular weight excluding hydrogens is 427 g/mol. The van der Waals surface area contributed by atoms with Crippen LogP contribution in [0.15, 0.2) is 36.4 Å². The van der Waals surface area contributed by atoms with E-state index < -0.39 is 5.97 Å². The zero-order valence-electron chi connectivity index (χ0n) is 14.1. The fourth-order valence-electron chi connectivity index (χ4n) is 3.24. The molecule has 0 saturated carbocycles. The number of H-pyrrole nitrogens is 1. The number of aryl methyl sites for hydroxylation is 2. The Morgan fingerprint density at radius 2 is 1.88 bits per heavy atom. The molecule has 130 valence electrons. The summed E-state index contributed by atoms with van der Waals surface area (Å²) >= 11 is 2.28. The minimum absolute atomic E-state index is 0.358. The molecule has 0 aliphatic carbocycles. The number of carboxylic acids is 1. The molecule has 0 bridgehead atoms. The topological polar surface area (TPSA) is 79.1 Å². The number of aromatic carboxylic acids is 1. The molecule has 4 nitrogen and oxygen atoms in total. The van der Waals surface area contributed by atoms with Gasteiger partial charge in [0.25, 0.3) is 0 Å². The van der Waals surface area contributed by atoms with E-state index in [0.717, 1.165) is 52.5 Å². The maximum atomic E-state index is 11.8. The van der Waals surface area contributed by atoms with Gasteiger partial charge in [-0.3, -0.25) is 0 Å². The van der Waals surface area contributed by atoms with Gasteiger partial charge < -0.3 is 15.8 Å². The van der Waals surface area contributed by atoms with E-state index in [-0.39, 0.29) is 0 Å². The van der Waals surface area contributed by atoms with E-state index in [9.17, 15) is 9.90 Å². The van der Waals surface area contributed by atoms with Crippen LogP contribution in [0.1, 0.15) is 34.3 Å². The lowest BCUT2D eigenvalue weighted by atomic mass is 9.96. The number of halogens is 1. The van der Waals surface area contributed by atoms with Crippen molar-refractivity contribution in [3.8, 4) is 11.3 Å². The van der Waals surface area contributed by atoms with Crippen molar-refractivity contribution >= 4 is 39.5 Å².